The van der Waals surface area contributed by atoms with Gasteiger partial charge in [-0.05, 0) is 18.9 Å². The summed E-state index contributed by atoms with van der Waals surface area (Å²) in [5, 5.41) is 10.3. The van der Waals surface area contributed by atoms with Crippen LogP contribution in [0.4, 0.5) is 0 Å². The molecule has 0 aromatic carbocycles. The molecule has 0 aliphatic heterocycles. The van der Waals surface area contributed by atoms with E-state index in [-0.39, 0.29) is 11.8 Å². The highest BCUT2D eigenvalue weighted by atomic mass is 16.5. The lowest BCUT2D eigenvalue weighted by Crippen LogP contribution is -2.49. The summed E-state index contributed by atoms with van der Waals surface area (Å²) in [6.45, 7) is 6.91. The van der Waals surface area contributed by atoms with E-state index >= 15 is 0 Å². The van der Waals surface area contributed by atoms with Gasteiger partial charge < -0.3 is 15.6 Å². The minimum atomic E-state index is -0.780. The summed E-state index contributed by atoms with van der Waals surface area (Å²) in [5.41, 5.74) is 4.84. The van der Waals surface area contributed by atoms with Gasteiger partial charge in [0.25, 0.3) is 0 Å². The SMILES string of the molecule is CCC(CN)C(O)(COC)C(C)C. The Bertz CT molecular complexity index is 135. The maximum atomic E-state index is 10.3. The predicted molar refractivity (Wildman–Crippen MR) is 54.5 cm³/mol. The molecule has 3 N–H and O–H groups in total. The maximum Gasteiger partial charge on any atom is 0.0942 e. The Kier molecular flexibility index (Phi) is 5.53. The Morgan fingerprint density at radius 3 is 2.23 bits per heavy atom. The number of nitrogens with two attached hydrogens (primary N) is 1. The Morgan fingerprint density at radius 2 is 2.00 bits per heavy atom. The molecular weight excluding hydrogens is 166 g/mol. The highest BCUT2D eigenvalue weighted by Crippen LogP contribution is 2.28. The Hall–Kier alpha value is -0.120. The van der Waals surface area contributed by atoms with Gasteiger partial charge in [0.15, 0.2) is 0 Å². The molecule has 0 rings (SSSR count). The second-order valence-corrected chi connectivity index (χ2v) is 3.92. The fourth-order valence-electron chi connectivity index (χ4n) is 1.71. The summed E-state index contributed by atoms with van der Waals surface area (Å²) in [5.74, 6) is 0.286. The molecule has 80 valence electrons. The van der Waals surface area contributed by atoms with E-state index in [1.165, 1.54) is 0 Å². The molecule has 0 heterocycles. The molecule has 0 saturated heterocycles. The third-order valence-corrected chi connectivity index (χ3v) is 2.86. The average Bonchev–Trinajstić information content (AvgIpc) is 2.06. The fourth-order valence-corrected chi connectivity index (χ4v) is 1.71. The van der Waals surface area contributed by atoms with Crippen LogP contribution in [0.5, 0.6) is 0 Å². The van der Waals surface area contributed by atoms with E-state index in [1.807, 2.05) is 20.8 Å². The maximum absolute atomic E-state index is 10.3. The molecule has 0 spiro atoms. The van der Waals surface area contributed by atoms with Gasteiger partial charge >= 0.3 is 0 Å². The van der Waals surface area contributed by atoms with Crippen molar-refractivity contribution >= 4 is 0 Å². The number of aliphatic hydroxyl groups is 1. The topological polar surface area (TPSA) is 55.5 Å². The summed E-state index contributed by atoms with van der Waals surface area (Å²) < 4.78 is 5.05. The minimum Gasteiger partial charge on any atom is -0.387 e. The monoisotopic (exact) mass is 189 g/mol. The zero-order valence-corrected chi connectivity index (χ0v) is 9.21. The third-order valence-electron chi connectivity index (χ3n) is 2.86. The normalized spacial score (nSPS) is 18.7. The molecule has 3 nitrogen and oxygen atoms in total. The first-order valence-corrected chi connectivity index (χ1v) is 4.94. The molecule has 3 heteroatoms. The molecule has 0 aliphatic carbocycles. The van der Waals surface area contributed by atoms with Crippen LogP contribution in [-0.2, 0) is 4.74 Å². The van der Waals surface area contributed by atoms with Crippen molar-refractivity contribution in [3.05, 3.63) is 0 Å². The van der Waals surface area contributed by atoms with Crippen molar-refractivity contribution in [3.8, 4) is 0 Å². The van der Waals surface area contributed by atoms with Crippen LogP contribution < -0.4 is 5.73 Å². The van der Waals surface area contributed by atoms with Gasteiger partial charge in [0.1, 0.15) is 0 Å². The largest absolute Gasteiger partial charge is 0.387 e. The molecule has 0 fully saturated rings. The molecule has 2 unspecified atom stereocenters. The van der Waals surface area contributed by atoms with Gasteiger partial charge in [-0.25, -0.2) is 0 Å². The highest BCUT2D eigenvalue weighted by molar-refractivity contribution is 4.89. The summed E-state index contributed by atoms with van der Waals surface area (Å²) >= 11 is 0. The summed E-state index contributed by atoms with van der Waals surface area (Å²) in [4.78, 5) is 0. The molecule has 0 aliphatic rings. The summed E-state index contributed by atoms with van der Waals surface area (Å²) in [6, 6.07) is 0. The molecule has 0 aromatic rings. The van der Waals surface area contributed by atoms with E-state index in [2.05, 4.69) is 0 Å². The number of hydrogen-bond acceptors (Lipinski definition) is 3. The number of rotatable bonds is 6. The Balaban J connectivity index is 4.53. The smallest absolute Gasteiger partial charge is 0.0942 e. The zero-order valence-electron chi connectivity index (χ0n) is 9.21. The van der Waals surface area contributed by atoms with Crippen molar-refractivity contribution in [1.82, 2.24) is 0 Å². The van der Waals surface area contributed by atoms with Crippen molar-refractivity contribution in [3.63, 3.8) is 0 Å². The number of methoxy groups -OCH3 is 1. The lowest BCUT2D eigenvalue weighted by Gasteiger charge is -2.38. The highest BCUT2D eigenvalue weighted by Gasteiger charge is 2.37. The molecule has 0 aromatic heterocycles. The lowest BCUT2D eigenvalue weighted by atomic mass is 9.77. The Labute approximate surface area is 81.3 Å². The molecule has 0 amide bonds. The second kappa shape index (κ2) is 5.58. The zero-order chi connectivity index (χ0) is 10.5. The van der Waals surface area contributed by atoms with E-state index in [9.17, 15) is 5.11 Å². The van der Waals surface area contributed by atoms with Gasteiger partial charge in [-0.1, -0.05) is 20.8 Å². The second-order valence-electron chi connectivity index (χ2n) is 3.92. The average molecular weight is 189 g/mol. The molecule has 2 atom stereocenters. The van der Waals surface area contributed by atoms with Crippen molar-refractivity contribution in [2.45, 2.75) is 32.8 Å². The van der Waals surface area contributed by atoms with Crippen LogP contribution in [0.3, 0.4) is 0 Å². The molecular formula is C10H23NO2. The van der Waals surface area contributed by atoms with Crippen LogP contribution in [0, 0.1) is 11.8 Å². The van der Waals surface area contributed by atoms with Gasteiger partial charge in [0, 0.05) is 13.0 Å². The molecule has 0 radical (unpaired) electrons. The number of hydrogen-bond donors (Lipinski definition) is 2. The van der Waals surface area contributed by atoms with Crippen LogP contribution in [0.2, 0.25) is 0 Å². The van der Waals surface area contributed by atoms with Gasteiger partial charge in [0.2, 0.25) is 0 Å². The van der Waals surface area contributed by atoms with E-state index in [0.29, 0.717) is 13.2 Å². The fraction of sp³-hybridized carbons (Fsp3) is 1.00. The third kappa shape index (κ3) is 2.93. The van der Waals surface area contributed by atoms with Crippen molar-refractivity contribution in [1.29, 1.82) is 0 Å². The van der Waals surface area contributed by atoms with Crippen molar-refractivity contribution in [2.24, 2.45) is 17.6 Å². The lowest BCUT2D eigenvalue weighted by molar-refractivity contribution is -0.104. The van der Waals surface area contributed by atoms with Crippen LogP contribution >= 0.6 is 0 Å². The van der Waals surface area contributed by atoms with E-state index < -0.39 is 5.60 Å². The van der Waals surface area contributed by atoms with E-state index in [0.717, 1.165) is 6.42 Å². The van der Waals surface area contributed by atoms with Gasteiger partial charge in [-0.2, -0.15) is 0 Å². The molecule has 0 bridgehead atoms. The standard InChI is InChI=1S/C10H23NO2/c1-5-9(6-11)10(12,7-13-4)8(2)3/h8-9,12H,5-7,11H2,1-4H3. The van der Waals surface area contributed by atoms with E-state index in [1.54, 1.807) is 7.11 Å². The molecule has 13 heavy (non-hydrogen) atoms. The van der Waals surface area contributed by atoms with Gasteiger partial charge in [0.05, 0.1) is 12.2 Å². The minimum absolute atomic E-state index is 0.118. The summed E-state index contributed by atoms with van der Waals surface area (Å²) in [7, 11) is 1.61. The first kappa shape index (κ1) is 12.9. The van der Waals surface area contributed by atoms with Gasteiger partial charge in [-0.3, -0.25) is 0 Å². The number of ether oxygens (including phenoxy) is 1. The van der Waals surface area contributed by atoms with Crippen molar-refractivity contribution in [2.75, 3.05) is 20.3 Å². The van der Waals surface area contributed by atoms with Gasteiger partial charge in [-0.15, -0.1) is 0 Å². The predicted octanol–water partition coefficient (Wildman–Crippen LogP) is 1.00. The quantitative estimate of drug-likeness (QED) is 0.655. The van der Waals surface area contributed by atoms with E-state index in [4.69, 9.17) is 10.5 Å². The van der Waals surface area contributed by atoms with Crippen LogP contribution in [0.25, 0.3) is 0 Å². The summed E-state index contributed by atoms with van der Waals surface area (Å²) in [6.07, 6.45) is 0.883. The van der Waals surface area contributed by atoms with Crippen molar-refractivity contribution < 1.29 is 9.84 Å². The van der Waals surface area contributed by atoms with Crippen LogP contribution in [-0.4, -0.2) is 31.0 Å². The Morgan fingerprint density at radius 1 is 1.46 bits per heavy atom. The first-order chi connectivity index (χ1) is 6.02. The van der Waals surface area contributed by atoms with Crippen LogP contribution in [0.1, 0.15) is 27.2 Å². The molecule has 0 saturated carbocycles. The van der Waals surface area contributed by atoms with Crippen LogP contribution in [0.15, 0.2) is 0 Å². The first-order valence-electron chi connectivity index (χ1n) is 4.94.